The van der Waals surface area contributed by atoms with Crippen molar-refractivity contribution in [2.75, 3.05) is 16.8 Å². The van der Waals surface area contributed by atoms with Crippen LogP contribution in [0.3, 0.4) is 0 Å². The van der Waals surface area contributed by atoms with Crippen molar-refractivity contribution in [2.45, 2.75) is 12.1 Å². The standard InChI is InChI=1S/C18H14N6O5/c25-14(19-11-4-2-1-3-5-11)10-22-16-15(20-21-22)17(26)23(18(16)27)12-6-8-13(9-7-12)24(28)29/h1-9,15-16H,10H2,(H,19,25). The number of imide groups is 1. The fourth-order valence-electron chi connectivity index (χ4n) is 3.20. The molecule has 0 bridgehead atoms. The van der Waals surface area contributed by atoms with Crippen LogP contribution in [0.4, 0.5) is 17.1 Å². The Labute approximate surface area is 163 Å². The van der Waals surface area contributed by atoms with Gasteiger partial charge in [-0.3, -0.25) is 29.5 Å². The highest BCUT2D eigenvalue weighted by Crippen LogP contribution is 2.32. The molecule has 0 spiro atoms. The minimum Gasteiger partial charge on any atom is -0.324 e. The lowest BCUT2D eigenvalue weighted by Crippen LogP contribution is -2.43. The molecule has 2 aromatic rings. The molecule has 0 saturated carbocycles. The van der Waals surface area contributed by atoms with Gasteiger partial charge in [0.15, 0.2) is 12.1 Å². The lowest BCUT2D eigenvalue weighted by molar-refractivity contribution is -0.384. The molecule has 1 N–H and O–H groups in total. The summed E-state index contributed by atoms with van der Waals surface area (Å²) in [5.41, 5.74) is 0.627. The quantitative estimate of drug-likeness (QED) is 0.464. The number of anilines is 2. The Morgan fingerprint density at radius 2 is 1.76 bits per heavy atom. The summed E-state index contributed by atoms with van der Waals surface area (Å²) in [6.07, 6.45) is 0. The molecular formula is C18H14N6O5. The zero-order valence-corrected chi connectivity index (χ0v) is 14.8. The second-order valence-electron chi connectivity index (χ2n) is 6.39. The Hall–Kier alpha value is -4.15. The first kappa shape index (κ1) is 18.2. The second kappa shape index (κ2) is 7.11. The van der Waals surface area contributed by atoms with Crippen LogP contribution in [0.5, 0.6) is 0 Å². The van der Waals surface area contributed by atoms with Gasteiger partial charge < -0.3 is 5.32 Å². The van der Waals surface area contributed by atoms with E-state index >= 15 is 0 Å². The van der Waals surface area contributed by atoms with E-state index in [9.17, 15) is 24.5 Å². The SMILES string of the molecule is O=C(CN1N=NC2C(=O)N(c3ccc([N+](=O)[O-])cc3)C(=O)C21)Nc1ccccc1. The average Bonchev–Trinajstić information content (AvgIpc) is 3.22. The highest BCUT2D eigenvalue weighted by Gasteiger charge is 2.55. The molecule has 2 aliphatic heterocycles. The van der Waals surface area contributed by atoms with Crippen LogP contribution in [0.15, 0.2) is 64.9 Å². The zero-order valence-electron chi connectivity index (χ0n) is 14.8. The van der Waals surface area contributed by atoms with E-state index in [1.165, 1.54) is 29.3 Å². The number of rotatable bonds is 5. The number of benzene rings is 2. The van der Waals surface area contributed by atoms with Crippen LogP contribution < -0.4 is 10.2 Å². The van der Waals surface area contributed by atoms with Crippen molar-refractivity contribution in [3.8, 4) is 0 Å². The fourth-order valence-corrected chi connectivity index (χ4v) is 3.20. The lowest BCUT2D eigenvalue weighted by atomic mass is 10.1. The summed E-state index contributed by atoms with van der Waals surface area (Å²) in [4.78, 5) is 48.9. The molecular weight excluding hydrogens is 380 g/mol. The third-order valence-electron chi connectivity index (χ3n) is 4.54. The Kier molecular flexibility index (Phi) is 4.47. The second-order valence-corrected chi connectivity index (χ2v) is 6.39. The van der Waals surface area contributed by atoms with Gasteiger partial charge in [0.1, 0.15) is 6.54 Å². The maximum absolute atomic E-state index is 12.8. The monoisotopic (exact) mass is 394 g/mol. The van der Waals surface area contributed by atoms with Gasteiger partial charge in [-0.15, -0.1) is 0 Å². The topological polar surface area (TPSA) is 138 Å². The highest BCUT2D eigenvalue weighted by molar-refractivity contribution is 6.25. The van der Waals surface area contributed by atoms with E-state index in [1.54, 1.807) is 24.3 Å². The number of fused-ring (bicyclic) bond motifs is 1. The molecule has 1 fully saturated rings. The largest absolute Gasteiger partial charge is 0.324 e. The van der Waals surface area contributed by atoms with E-state index in [-0.39, 0.29) is 17.9 Å². The number of hydrogen-bond donors (Lipinski definition) is 1. The number of para-hydroxylation sites is 1. The predicted molar refractivity (Wildman–Crippen MR) is 99.8 cm³/mol. The normalized spacial score (nSPS) is 20.1. The minimum atomic E-state index is -1.05. The first-order valence-corrected chi connectivity index (χ1v) is 8.60. The van der Waals surface area contributed by atoms with Gasteiger partial charge >= 0.3 is 0 Å². The summed E-state index contributed by atoms with van der Waals surface area (Å²) in [5.74, 6) is -1.60. The molecule has 0 aromatic heterocycles. The van der Waals surface area contributed by atoms with Gasteiger partial charge in [0, 0.05) is 17.8 Å². The van der Waals surface area contributed by atoms with Crippen molar-refractivity contribution >= 4 is 34.8 Å². The first-order chi connectivity index (χ1) is 14.0. The van der Waals surface area contributed by atoms with E-state index in [2.05, 4.69) is 15.7 Å². The molecule has 11 heteroatoms. The van der Waals surface area contributed by atoms with Gasteiger partial charge in [0.25, 0.3) is 17.5 Å². The number of carbonyl (C=O) groups excluding carboxylic acids is 3. The number of hydrogen-bond acceptors (Lipinski definition) is 8. The summed E-state index contributed by atoms with van der Waals surface area (Å²) in [6.45, 7) is -0.257. The van der Waals surface area contributed by atoms with Crippen LogP contribution >= 0.6 is 0 Å². The average molecular weight is 394 g/mol. The summed E-state index contributed by atoms with van der Waals surface area (Å²) in [5, 5.41) is 22.3. The van der Waals surface area contributed by atoms with E-state index < -0.39 is 34.7 Å². The Morgan fingerprint density at radius 3 is 2.41 bits per heavy atom. The molecule has 11 nitrogen and oxygen atoms in total. The molecule has 146 valence electrons. The summed E-state index contributed by atoms with van der Waals surface area (Å²) in [7, 11) is 0. The fraction of sp³-hybridized carbons (Fsp3) is 0.167. The maximum atomic E-state index is 12.8. The Morgan fingerprint density at radius 1 is 1.07 bits per heavy atom. The van der Waals surface area contributed by atoms with Gasteiger partial charge in [0.05, 0.1) is 10.6 Å². The molecule has 4 rings (SSSR count). The van der Waals surface area contributed by atoms with Gasteiger partial charge in [-0.05, 0) is 24.3 Å². The van der Waals surface area contributed by atoms with Crippen molar-refractivity contribution in [3.05, 3.63) is 64.7 Å². The van der Waals surface area contributed by atoms with Crippen molar-refractivity contribution in [2.24, 2.45) is 10.3 Å². The van der Waals surface area contributed by atoms with Crippen LogP contribution in [0.2, 0.25) is 0 Å². The first-order valence-electron chi connectivity index (χ1n) is 8.60. The van der Waals surface area contributed by atoms with E-state index in [4.69, 9.17) is 0 Å². The highest BCUT2D eigenvalue weighted by atomic mass is 16.6. The maximum Gasteiger partial charge on any atom is 0.269 e. The number of amides is 3. The Balaban J connectivity index is 1.49. The van der Waals surface area contributed by atoms with Gasteiger partial charge in [-0.1, -0.05) is 23.4 Å². The van der Waals surface area contributed by atoms with Gasteiger partial charge in [-0.25, -0.2) is 4.90 Å². The summed E-state index contributed by atoms with van der Waals surface area (Å²) < 4.78 is 0. The smallest absolute Gasteiger partial charge is 0.269 e. The van der Waals surface area contributed by atoms with Gasteiger partial charge in [0.2, 0.25) is 5.91 Å². The summed E-state index contributed by atoms with van der Waals surface area (Å²) in [6, 6.07) is 11.7. The molecule has 2 aliphatic rings. The number of non-ortho nitro benzene ring substituents is 1. The van der Waals surface area contributed by atoms with E-state index in [0.29, 0.717) is 5.69 Å². The molecule has 2 atom stereocenters. The van der Waals surface area contributed by atoms with E-state index in [1.807, 2.05) is 6.07 Å². The Bertz CT molecular complexity index is 1020. The zero-order chi connectivity index (χ0) is 20.5. The number of nitrogens with one attached hydrogen (secondary N) is 1. The molecule has 2 aromatic carbocycles. The molecule has 1 saturated heterocycles. The van der Waals surface area contributed by atoms with Crippen molar-refractivity contribution in [1.82, 2.24) is 5.01 Å². The van der Waals surface area contributed by atoms with Crippen LogP contribution in [0.25, 0.3) is 0 Å². The number of nitrogens with zero attached hydrogens (tertiary/aromatic N) is 5. The number of nitro benzene ring substituents is 1. The third-order valence-corrected chi connectivity index (χ3v) is 4.54. The lowest BCUT2D eigenvalue weighted by Gasteiger charge is -2.20. The van der Waals surface area contributed by atoms with Crippen LogP contribution in [-0.4, -0.2) is 46.3 Å². The van der Waals surface area contributed by atoms with Crippen LogP contribution in [0, 0.1) is 10.1 Å². The van der Waals surface area contributed by atoms with Crippen molar-refractivity contribution in [3.63, 3.8) is 0 Å². The molecule has 29 heavy (non-hydrogen) atoms. The number of carbonyl (C=O) groups is 3. The van der Waals surface area contributed by atoms with Gasteiger partial charge in [-0.2, -0.15) is 5.11 Å². The third kappa shape index (κ3) is 3.29. The van der Waals surface area contributed by atoms with Crippen molar-refractivity contribution in [1.29, 1.82) is 0 Å². The molecule has 2 unspecified atom stereocenters. The number of nitro groups is 1. The van der Waals surface area contributed by atoms with Crippen LogP contribution in [0.1, 0.15) is 0 Å². The molecule has 2 heterocycles. The molecule has 0 aliphatic carbocycles. The van der Waals surface area contributed by atoms with Crippen molar-refractivity contribution < 1.29 is 19.3 Å². The van der Waals surface area contributed by atoms with Crippen LogP contribution in [-0.2, 0) is 14.4 Å². The van der Waals surface area contributed by atoms with E-state index in [0.717, 1.165) is 4.90 Å². The summed E-state index contributed by atoms with van der Waals surface area (Å²) >= 11 is 0. The molecule has 3 amide bonds. The predicted octanol–water partition coefficient (Wildman–Crippen LogP) is 1.53. The minimum absolute atomic E-state index is 0.160. The molecule has 0 radical (unpaired) electrons.